The van der Waals surface area contributed by atoms with E-state index < -0.39 is 23.8 Å². The summed E-state index contributed by atoms with van der Waals surface area (Å²) in [6.07, 6.45) is -3.35. The van der Waals surface area contributed by atoms with Crippen molar-refractivity contribution in [2.75, 3.05) is 44.2 Å². The van der Waals surface area contributed by atoms with E-state index in [0.29, 0.717) is 39.2 Å². The Balaban J connectivity index is 1.35. The van der Waals surface area contributed by atoms with Gasteiger partial charge in [0.05, 0.1) is 11.5 Å². The molecule has 1 aromatic rings. The van der Waals surface area contributed by atoms with Crippen LogP contribution >= 0.6 is 0 Å². The molecule has 3 saturated heterocycles. The predicted molar refractivity (Wildman–Crippen MR) is 104 cm³/mol. The molecule has 168 valence electrons. The van der Waals surface area contributed by atoms with E-state index in [1.54, 1.807) is 9.80 Å². The van der Waals surface area contributed by atoms with Crippen molar-refractivity contribution in [3.05, 3.63) is 29.8 Å². The zero-order chi connectivity index (χ0) is 22.2. The van der Waals surface area contributed by atoms with Gasteiger partial charge in [-0.1, -0.05) is 6.07 Å². The summed E-state index contributed by atoms with van der Waals surface area (Å²) in [5.74, 6) is -1.23. The fraction of sp³-hybridized carbons (Fsp3) is 0.571. The second kappa shape index (κ2) is 8.49. The normalized spacial score (nSPS) is 24.7. The fourth-order valence-electron chi connectivity index (χ4n) is 4.35. The van der Waals surface area contributed by atoms with E-state index in [1.807, 2.05) is 0 Å². The molecule has 3 fully saturated rings. The third-order valence-electron chi connectivity index (χ3n) is 6.07. The van der Waals surface area contributed by atoms with E-state index in [1.165, 1.54) is 17.0 Å². The molecule has 0 aromatic heterocycles. The number of benzene rings is 1. The van der Waals surface area contributed by atoms with Crippen LogP contribution in [0.5, 0.6) is 0 Å². The van der Waals surface area contributed by atoms with Crippen LogP contribution in [0.15, 0.2) is 24.3 Å². The van der Waals surface area contributed by atoms with Crippen LogP contribution in [0.4, 0.5) is 18.9 Å². The van der Waals surface area contributed by atoms with Crippen LogP contribution in [-0.4, -0.2) is 73.0 Å². The average molecular weight is 439 g/mol. The van der Waals surface area contributed by atoms with Crippen molar-refractivity contribution in [1.29, 1.82) is 0 Å². The van der Waals surface area contributed by atoms with Crippen molar-refractivity contribution >= 4 is 23.4 Å². The Bertz CT molecular complexity index is 862. The van der Waals surface area contributed by atoms with E-state index in [2.05, 4.69) is 0 Å². The summed E-state index contributed by atoms with van der Waals surface area (Å²) >= 11 is 0. The minimum atomic E-state index is -4.51. The topological polar surface area (TPSA) is 70.2 Å². The zero-order valence-corrected chi connectivity index (χ0v) is 16.9. The van der Waals surface area contributed by atoms with E-state index in [0.717, 1.165) is 18.6 Å². The maximum Gasteiger partial charge on any atom is 0.416 e. The molecule has 0 unspecified atom stereocenters. The Morgan fingerprint density at radius 2 is 1.71 bits per heavy atom. The van der Waals surface area contributed by atoms with Gasteiger partial charge in [0, 0.05) is 51.4 Å². The van der Waals surface area contributed by atoms with Gasteiger partial charge in [0.15, 0.2) is 0 Å². The number of carbonyl (C=O) groups excluding carboxylic acids is 3. The molecule has 3 aliphatic rings. The third kappa shape index (κ3) is 4.53. The van der Waals surface area contributed by atoms with Crippen LogP contribution in [0.25, 0.3) is 0 Å². The predicted octanol–water partition coefficient (Wildman–Crippen LogP) is 1.91. The largest absolute Gasteiger partial charge is 0.416 e. The molecule has 10 heteroatoms. The van der Waals surface area contributed by atoms with Crippen molar-refractivity contribution < 1.29 is 32.3 Å². The number of ether oxygens (including phenoxy) is 1. The fourth-order valence-corrected chi connectivity index (χ4v) is 4.35. The molecule has 3 heterocycles. The molecule has 3 amide bonds. The van der Waals surface area contributed by atoms with Crippen molar-refractivity contribution in [2.45, 2.75) is 31.5 Å². The monoisotopic (exact) mass is 439 g/mol. The van der Waals surface area contributed by atoms with Crippen LogP contribution in [0, 0.1) is 5.92 Å². The quantitative estimate of drug-likeness (QED) is 0.722. The number of hydrogen-bond acceptors (Lipinski definition) is 4. The Hall–Kier alpha value is -2.62. The Morgan fingerprint density at radius 1 is 1.03 bits per heavy atom. The van der Waals surface area contributed by atoms with E-state index in [4.69, 9.17) is 4.74 Å². The van der Waals surface area contributed by atoms with Gasteiger partial charge in [-0.15, -0.1) is 0 Å². The number of rotatable bonds is 3. The number of amides is 3. The minimum absolute atomic E-state index is 0.0376. The van der Waals surface area contributed by atoms with Gasteiger partial charge in [-0.05, 0) is 31.0 Å². The smallest absolute Gasteiger partial charge is 0.368 e. The first-order valence-electron chi connectivity index (χ1n) is 10.4. The summed E-state index contributed by atoms with van der Waals surface area (Å²) < 4.78 is 44.4. The average Bonchev–Trinajstić information content (AvgIpc) is 3.42. The second-order valence-electron chi connectivity index (χ2n) is 8.11. The van der Waals surface area contributed by atoms with Crippen molar-refractivity contribution in [3.8, 4) is 0 Å². The Labute approximate surface area is 177 Å². The first-order chi connectivity index (χ1) is 14.7. The maximum atomic E-state index is 13.0. The molecule has 0 N–H and O–H groups in total. The highest BCUT2D eigenvalue weighted by atomic mass is 19.4. The molecule has 0 aliphatic carbocycles. The maximum absolute atomic E-state index is 13.0. The molecule has 0 spiro atoms. The van der Waals surface area contributed by atoms with Gasteiger partial charge in [-0.3, -0.25) is 14.4 Å². The van der Waals surface area contributed by atoms with Gasteiger partial charge in [0.1, 0.15) is 6.10 Å². The lowest BCUT2D eigenvalue weighted by Gasteiger charge is -2.36. The molecular weight excluding hydrogens is 415 g/mol. The van der Waals surface area contributed by atoms with Crippen LogP contribution in [0.1, 0.15) is 24.8 Å². The summed E-state index contributed by atoms with van der Waals surface area (Å²) in [4.78, 5) is 42.4. The second-order valence-corrected chi connectivity index (χ2v) is 8.11. The lowest BCUT2D eigenvalue weighted by atomic mass is 10.1. The third-order valence-corrected chi connectivity index (χ3v) is 6.07. The number of piperazine rings is 1. The Morgan fingerprint density at radius 3 is 2.32 bits per heavy atom. The molecule has 0 bridgehead atoms. The van der Waals surface area contributed by atoms with Crippen LogP contribution < -0.4 is 4.90 Å². The molecule has 2 atom stereocenters. The van der Waals surface area contributed by atoms with E-state index in [-0.39, 0.29) is 36.4 Å². The van der Waals surface area contributed by atoms with Gasteiger partial charge >= 0.3 is 6.18 Å². The van der Waals surface area contributed by atoms with Crippen molar-refractivity contribution in [1.82, 2.24) is 9.80 Å². The summed E-state index contributed by atoms with van der Waals surface area (Å²) in [6, 6.07) is 4.57. The standard InChI is InChI=1S/C21H24F3N3O4/c22-21(23,24)15-3-1-4-16(12-15)27-13-14(11-18(27)28)19(29)25-6-8-26(9-7-25)20(30)17-5-2-10-31-17/h1,3-4,12,14,17H,2,5-11,13H2/t14-,17+/m1/s1. The van der Waals surface area contributed by atoms with Gasteiger partial charge in [-0.25, -0.2) is 0 Å². The summed E-state index contributed by atoms with van der Waals surface area (Å²) in [5.41, 5.74) is -0.693. The van der Waals surface area contributed by atoms with Crippen molar-refractivity contribution in [3.63, 3.8) is 0 Å². The van der Waals surface area contributed by atoms with Gasteiger partial charge < -0.3 is 19.4 Å². The number of nitrogens with zero attached hydrogens (tertiary/aromatic N) is 3. The SMILES string of the molecule is O=C([C@@H]1CC(=O)N(c2cccc(C(F)(F)F)c2)C1)N1CCN(C(=O)[C@@H]2CCCO2)CC1. The van der Waals surface area contributed by atoms with Gasteiger partial charge in [0.2, 0.25) is 11.8 Å². The first kappa shape index (κ1) is 21.6. The minimum Gasteiger partial charge on any atom is -0.368 e. The molecule has 0 saturated carbocycles. The van der Waals surface area contributed by atoms with Gasteiger partial charge in [-0.2, -0.15) is 13.2 Å². The number of halogens is 3. The molecule has 7 nitrogen and oxygen atoms in total. The summed E-state index contributed by atoms with van der Waals surface area (Å²) in [6.45, 7) is 2.18. The number of alkyl halides is 3. The number of carbonyl (C=O) groups is 3. The lowest BCUT2D eigenvalue weighted by Crippen LogP contribution is -2.54. The molecule has 31 heavy (non-hydrogen) atoms. The number of hydrogen-bond donors (Lipinski definition) is 0. The summed E-state index contributed by atoms with van der Waals surface area (Å²) in [5, 5.41) is 0. The summed E-state index contributed by atoms with van der Waals surface area (Å²) in [7, 11) is 0. The van der Waals surface area contributed by atoms with Crippen LogP contribution in [0.3, 0.4) is 0 Å². The van der Waals surface area contributed by atoms with E-state index in [9.17, 15) is 27.6 Å². The molecular formula is C21H24F3N3O4. The van der Waals surface area contributed by atoms with E-state index >= 15 is 0 Å². The van der Waals surface area contributed by atoms with Crippen molar-refractivity contribution in [2.24, 2.45) is 5.92 Å². The first-order valence-corrected chi connectivity index (χ1v) is 10.4. The zero-order valence-electron chi connectivity index (χ0n) is 16.9. The molecule has 3 aliphatic heterocycles. The highest BCUT2D eigenvalue weighted by Crippen LogP contribution is 2.33. The molecule has 0 radical (unpaired) electrons. The highest BCUT2D eigenvalue weighted by molar-refractivity contribution is 6.00. The highest BCUT2D eigenvalue weighted by Gasteiger charge is 2.40. The molecule has 4 rings (SSSR count). The lowest BCUT2D eigenvalue weighted by molar-refractivity contribution is -0.147. The van der Waals surface area contributed by atoms with Gasteiger partial charge in [0.25, 0.3) is 5.91 Å². The number of anilines is 1. The van der Waals surface area contributed by atoms with Crippen LogP contribution in [-0.2, 0) is 25.3 Å². The van der Waals surface area contributed by atoms with Crippen LogP contribution in [0.2, 0.25) is 0 Å². The molecule has 1 aromatic carbocycles. The Kier molecular flexibility index (Phi) is 5.92.